The molecule has 0 bridgehead atoms. The van der Waals surface area contributed by atoms with Gasteiger partial charge in [0.05, 0.1) is 0 Å². The fourth-order valence-electron chi connectivity index (χ4n) is 1.16. The van der Waals surface area contributed by atoms with Crippen molar-refractivity contribution in [2.75, 3.05) is 6.61 Å². The van der Waals surface area contributed by atoms with Crippen LogP contribution in [0.4, 0.5) is 8.78 Å². The molecule has 0 saturated carbocycles. The molecule has 1 aromatic heterocycles. The van der Waals surface area contributed by atoms with Crippen molar-refractivity contribution in [1.82, 2.24) is 4.98 Å². The molecule has 1 rings (SSSR count). The van der Waals surface area contributed by atoms with Crippen LogP contribution in [0.25, 0.3) is 0 Å². The predicted molar refractivity (Wildman–Crippen MR) is 59.1 cm³/mol. The van der Waals surface area contributed by atoms with Gasteiger partial charge in [0.25, 0.3) is 5.92 Å². The van der Waals surface area contributed by atoms with E-state index in [1.165, 1.54) is 0 Å². The maximum atomic E-state index is 12.6. The number of ether oxygens (including phenoxy) is 1. The fraction of sp³-hybridized carbons (Fsp3) is 0.583. The third kappa shape index (κ3) is 4.13. The molecule has 0 fully saturated rings. The number of pyridine rings is 1. The van der Waals surface area contributed by atoms with E-state index in [9.17, 15) is 8.78 Å². The lowest BCUT2D eigenvalue weighted by molar-refractivity contribution is -0.0242. The van der Waals surface area contributed by atoms with E-state index in [0.29, 0.717) is 0 Å². The highest BCUT2D eigenvalue weighted by Crippen LogP contribution is 2.24. The van der Waals surface area contributed by atoms with Gasteiger partial charge in [-0.1, -0.05) is 20.8 Å². The van der Waals surface area contributed by atoms with Crippen molar-refractivity contribution < 1.29 is 13.5 Å². The van der Waals surface area contributed by atoms with Crippen LogP contribution in [0.15, 0.2) is 18.3 Å². The van der Waals surface area contributed by atoms with E-state index in [2.05, 4.69) is 4.98 Å². The van der Waals surface area contributed by atoms with E-state index in [1.54, 1.807) is 12.3 Å². The van der Waals surface area contributed by atoms with Crippen molar-refractivity contribution in [2.45, 2.75) is 39.0 Å². The molecule has 0 aliphatic rings. The van der Waals surface area contributed by atoms with Crippen molar-refractivity contribution in [3.05, 3.63) is 23.9 Å². The molecule has 0 unspecified atom stereocenters. The van der Waals surface area contributed by atoms with Crippen molar-refractivity contribution in [3.63, 3.8) is 0 Å². The number of alkyl halides is 2. The standard InChI is InChI=1S/C12H17F2NO/c1-11(2,3)9-5-6-15-10(7-9)16-8-12(4,13)14/h5-7H,8H2,1-4H3. The summed E-state index contributed by atoms with van der Waals surface area (Å²) in [7, 11) is 0. The molecule has 0 N–H and O–H groups in total. The van der Waals surface area contributed by atoms with E-state index in [0.717, 1.165) is 12.5 Å². The molecule has 2 nitrogen and oxygen atoms in total. The summed E-state index contributed by atoms with van der Waals surface area (Å²) >= 11 is 0. The summed E-state index contributed by atoms with van der Waals surface area (Å²) in [5, 5.41) is 0. The number of hydrogen-bond acceptors (Lipinski definition) is 2. The van der Waals surface area contributed by atoms with Gasteiger partial charge in [-0.15, -0.1) is 0 Å². The molecule has 90 valence electrons. The summed E-state index contributed by atoms with van der Waals surface area (Å²) < 4.78 is 30.1. The summed E-state index contributed by atoms with van der Waals surface area (Å²) in [6.07, 6.45) is 1.57. The minimum atomic E-state index is -2.83. The number of hydrogen-bond donors (Lipinski definition) is 0. The molecule has 0 aromatic carbocycles. The maximum absolute atomic E-state index is 12.6. The summed E-state index contributed by atoms with van der Waals surface area (Å²) in [4.78, 5) is 3.90. The Morgan fingerprint density at radius 2 is 1.88 bits per heavy atom. The molecule has 4 heteroatoms. The van der Waals surface area contributed by atoms with Gasteiger partial charge in [0.15, 0.2) is 6.61 Å². The van der Waals surface area contributed by atoms with Gasteiger partial charge in [0.2, 0.25) is 5.88 Å². The minimum Gasteiger partial charge on any atom is -0.471 e. The fourth-order valence-corrected chi connectivity index (χ4v) is 1.16. The molecular formula is C12H17F2NO. The highest BCUT2D eigenvalue weighted by Gasteiger charge is 2.22. The van der Waals surface area contributed by atoms with Crippen molar-refractivity contribution in [2.24, 2.45) is 0 Å². The lowest BCUT2D eigenvalue weighted by Gasteiger charge is -2.19. The van der Waals surface area contributed by atoms with Crippen LogP contribution in [0, 0.1) is 0 Å². The van der Waals surface area contributed by atoms with Crippen LogP contribution in [0.3, 0.4) is 0 Å². The third-order valence-corrected chi connectivity index (χ3v) is 2.07. The van der Waals surface area contributed by atoms with E-state index >= 15 is 0 Å². The van der Waals surface area contributed by atoms with Crippen molar-refractivity contribution in [1.29, 1.82) is 0 Å². The molecule has 0 radical (unpaired) electrons. The Morgan fingerprint density at radius 3 is 2.38 bits per heavy atom. The molecular weight excluding hydrogens is 212 g/mol. The summed E-state index contributed by atoms with van der Waals surface area (Å²) in [6.45, 7) is 6.30. The Kier molecular flexibility index (Phi) is 3.51. The average Bonchev–Trinajstić information content (AvgIpc) is 2.13. The monoisotopic (exact) mass is 229 g/mol. The van der Waals surface area contributed by atoms with Crippen molar-refractivity contribution >= 4 is 0 Å². The zero-order valence-corrected chi connectivity index (χ0v) is 10.1. The second-order valence-electron chi connectivity index (χ2n) is 4.99. The van der Waals surface area contributed by atoms with Crippen LogP contribution < -0.4 is 4.74 Å². The smallest absolute Gasteiger partial charge is 0.278 e. The van der Waals surface area contributed by atoms with Gasteiger partial charge < -0.3 is 4.74 Å². The zero-order chi connectivity index (χ0) is 12.4. The van der Waals surface area contributed by atoms with Crippen LogP contribution in [-0.4, -0.2) is 17.5 Å². The predicted octanol–water partition coefficient (Wildman–Crippen LogP) is 3.41. The lowest BCUT2D eigenvalue weighted by atomic mass is 9.88. The molecule has 0 saturated heterocycles. The highest BCUT2D eigenvalue weighted by molar-refractivity contribution is 5.26. The van der Waals surface area contributed by atoms with Gasteiger partial charge in [-0.2, -0.15) is 0 Å². The normalized spacial score (nSPS) is 12.6. The first-order valence-electron chi connectivity index (χ1n) is 5.16. The van der Waals surface area contributed by atoms with Gasteiger partial charge in [-0.05, 0) is 17.0 Å². The number of halogens is 2. The Balaban J connectivity index is 2.76. The van der Waals surface area contributed by atoms with Gasteiger partial charge in [0.1, 0.15) is 0 Å². The van der Waals surface area contributed by atoms with E-state index in [4.69, 9.17) is 4.74 Å². The number of nitrogens with zero attached hydrogens (tertiary/aromatic N) is 1. The Bertz CT molecular complexity index is 353. The largest absolute Gasteiger partial charge is 0.471 e. The second kappa shape index (κ2) is 4.36. The van der Waals surface area contributed by atoms with Crippen LogP contribution in [0.5, 0.6) is 5.88 Å². The topological polar surface area (TPSA) is 22.1 Å². The third-order valence-electron chi connectivity index (χ3n) is 2.07. The molecule has 1 heterocycles. The van der Waals surface area contributed by atoms with Gasteiger partial charge in [-0.3, -0.25) is 0 Å². The molecule has 0 aliphatic heterocycles. The molecule has 0 spiro atoms. The zero-order valence-electron chi connectivity index (χ0n) is 10.1. The first-order valence-corrected chi connectivity index (χ1v) is 5.16. The van der Waals surface area contributed by atoms with E-state index in [-0.39, 0.29) is 11.3 Å². The lowest BCUT2D eigenvalue weighted by Crippen LogP contribution is -2.21. The Labute approximate surface area is 94.7 Å². The van der Waals surface area contributed by atoms with Crippen LogP contribution in [0.2, 0.25) is 0 Å². The van der Waals surface area contributed by atoms with Gasteiger partial charge in [-0.25, -0.2) is 13.8 Å². The van der Waals surface area contributed by atoms with Gasteiger partial charge >= 0.3 is 0 Å². The Hall–Kier alpha value is -1.19. The Morgan fingerprint density at radius 1 is 1.25 bits per heavy atom. The van der Waals surface area contributed by atoms with Crippen molar-refractivity contribution in [3.8, 4) is 5.88 Å². The molecule has 1 aromatic rings. The summed E-state index contributed by atoms with van der Waals surface area (Å²) in [5.41, 5.74) is 0.965. The maximum Gasteiger partial charge on any atom is 0.278 e. The molecule has 16 heavy (non-hydrogen) atoms. The molecule has 0 amide bonds. The quantitative estimate of drug-likeness (QED) is 0.792. The van der Waals surface area contributed by atoms with Crippen LogP contribution >= 0.6 is 0 Å². The SMILES string of the molecule is CC(F)(F)COc1cc(C(C)(C)C)ccn1. The highest BCUT2D eigenvalue weighted by atomic mass is 19.3. The number of rotatable bonds is 3. The first-order chi connectivity index (χ1) is 7.18. The van der Waals surface area contributed by atoms with Crippen LogP contribution in [0.1, 0.15) is 33.3 Å². The minimum absolute atomic E-state index is 0.0459. The van der Waals surface area contributed by atoms with E-state index in [1.807, 2.05) is 26.8 Å². The molecule has 0 atom stereocenters. The second-order valence-corrected chi connectivity index (χ2v) is 4.99. The van der Waals surface area contributed by atoms with E-state index < -0.39 is 12.5 Å². The first kappa shape index (κ1) is 12.9. The number of aromatic nitrogens is 1. The summed E-state index contributed by atoms with van der Waals surface area (Å²) in [6, 6.07) is 3.56. The van der Waals surface area contributed by atoms with Gasteiger partial charge in [0, 0.05) is 19.2 Å². The average molecular weight is 229 g/mol. The van der Waals surface area contributed by atoms with Crippen LogP contribution in [-0.2, 0) is 5.41 Å². The summed E-state index contributed by atoms with van der Waals surface area (Å²) in [5.74, 6) is -2.59. The molecule has 0 aliphatic carbocycles.